The molecule has 0 N–H and O–H groups in total. The van der Waals surface area contributed by atoms with Crippen LogP contribution in [0, 0.1) is 0 Å². The Labute approximate surface area is 151 Å². The third-order valence-electron chi connectivity index (χ3n) is 4.61. The zero-order valence-corrected chi connectivity index (χ0v) is 15.3. The van der Waals surface area contributed by atoms with E-state index in [2.05, 4.69) is 24.3 Å². The van der Waals surface area contributed by atoms with Crippen LogP contribution in [0.1, 0.15) is 24.5 Å². The molecule has 2 aromatic carbocycles. The molecular weight excluding hydrogens is 375 g/mol. The van der Waals surface area contributed by atoms with Crippen LogP contribution >= 0.6 is 0 Å². The van der Waals surface area contributed by atoms with Crippen LogP contribution in [0.4, 0.5) is 0 Å². The molecule has 4 heteroatoms. The van der Waals surface area contributed by atoms with Crippen molar-refractivity contribution in [1.82, 2.24) is 9.78 Å². The molecule has 1 aliphatic carbocycles. The minimum atomic E-state index is 0.0561. The minimum absolute atomic E-state index is 0.0561. The summed E-state index contributed by atoms with van der Waals surface area (Å²) in [6.45, 7) is 0. The van der Waals surface area contributed by atoms with E-state index in [1.54, 1.807) is 0 Å². The Balaban J connectivity index is 1.82. The topological polar surface area (TPSA) is 34.9 Å². The van der Waals surface area contributed by atoms with E-state index in [0.717, 1.165) is 44.0 Å². The molecule has 122 valence electrons. The van der Waals surface area contributed by atoms with E-state index in [0.29, 0.717) is 5.92 Å². The summed E-state index contributed by atoms with van der Waals surface area (Å²) in [5, 5.41) is 5.75. The Kier molecular flexibility index (Phi) is 3.47. The summed E-state index contributed by atoms with van der Waals surface area (Å²) in [4.78, 5) is 12.9. The monoisotopic (exact) mass is 392 g/mol. The molecule has 0 radical (unpaired) electrons. The van der Waals surface area contributed by atoms with Crippen LogP contribution in [0.25, 0.3) is 25.5 Å². The van der Waals surface area contributed by atoms with Crippen molar-refractivity contribution < 1.29 is 0 Å². The molecule has 5 rings (SSSR count). The fourth-order valence-electron chi connectivity index (χ4n) is 3.20. The van der Waals surface area contributed by atoms with Crippen molar-refractivity contribution in [2.24, 2.45) is 0 Å². The normalized spacial score (nSPS) is 14.1. The van der Waals surface area contributed by atoms with Crippen LogP contribution in [0.15, 0.2) is 71.5 Å². The number of hydrogen-bond donors (Lipinski definition) is 0. The van der Waals surface area contributed by atoms with E-state index >= 15 is 0 Å². The average Bonchev–Trinajstić information content (AvgIpc) is 3.43. The van der Waals surface area contributed by atoms with Gasteiger partial charge in [-0.15, -0.1) is 0 Å². The maximum absolute atomic E-state index is 12.9. The van der Waals surface area contributed by atoms with Crippen LogP contribution < -0.4 is 5.43 Å². The van der Waals surface area contributed by atoms with Gasteiger partial charge < -0.3 is 0 Å². The molecular formula is C21H16N2OSe. The van der Waals surface area contributed by atoms with Gasteiger partial charge in [0.25, 0.3) is 0 Å². The first-order valence-corrected chi connectivity index (χ1v) is 10.2. The van der Waals surface area contributed by atoms with E-state index in [-0.39, 0.29) is 19.9 Å². The predicted octanol–water partition coefficient (Wildman–Crippen LogP) is 3.99. The van der Waals surface area contributed by atoms with Crippen LogP contribution in [-0.4, -0.2) is 24.3 Å². The number of para-hydroxylation sites is 1. The van der Waals surface area contributed by atoms with E-state index < -0.39 is 0 Å². The summed E-state index contributed by atoms with van der Waals surface area (Å²) >= 11 is 0.0561. The van der Waals surface area contributed by atoms with Crippen molar-refractivity contribution in [3.63, 3.8) is 0 Å². The Hall–Kier alpha value is -2.42. The number of nitrogens with zero attached hydrogens (tertiary/aromatic N) is 2. The number of fused-ring (bicyclic) bond motifs is 1. The summed E-state index contributed by atoms with van der Waals surface area (Å²) < 4.78 is 4.23. The molecule has 0 spiro atoms. The van der Waals surface area contributed by atoms with E-state index in [1.165, 1.54) is 0 Å². The second-order valence-corrected chi connectivity index (χ2v) is 8.59. The third kappa shape index (κ3) is 2.58. The van der Waals surface area contributed by atoms with E-state index in [9.17, 15) is 4.79 Å². The number of aromatic nitrogens is 2. The van der Waals surface area contributed by atoms with Gasteiger partial charge in [-0.2, -0.15) is 0 Å². The summed E-state index contributed by atoms with van der Waals surface area (Å²) in [6, 6.07) is 22.2. The molecule has 0 unspecified atom stereocenters. The van der Waals surface area contributed by atoms with Crippen LogP contribution in [0.2, 0.25) is 0 Å². The predicted molar refractivity (Wildman–Crippen MR) is 102 cm³/mol. The molecule has 2 heterocycles. The molecule has 0 atom stereocenters. The van der Waals surface area contributed by atoms with Crippen molar-refractivity contribution in [1.29, 1.82) is 0 Å². The first kappa shape index (κ1) is 14.9. The molecule has 1 aliphatic rings. The van der Waals surface area contributed by atoms with Crippen LogP contribution in [0.5, 0.6) is 0 Å². The zero-order chi connectivity index (χ0) is 16.8. The van der Waals surface area contributed by atoms with Crippen LogP contribution in [0.3, 0.4) is 0 Å². The molecule has 0 aliphatic heterocycles. The van der Waals surface area contributed by atoms with E-state index in [1.807, 2.05) is 47.1 Å². The standard InChI is InChI=1S/C21H16N2OSe/c24-17-13-18(14-7-3-1-4-8-14)25-21-19(17)20(15-11-12-15)22-23(21)16-9-5-2-6-10-16/h1-10,13,15H,11-12H2. The van der Waals surface area contributed by atoms with Gasteiger partial charge in [0.1, 0.15) is 0 Å². The molecule has 0 saturated heterocycles. The number of rotatable bonds is 3. The van der Waals surface area contributed by atoms with Gasteiger partial charge >= 0.3 is 151 Å². The molecule has 4 aromatic rings. The van der Waals surface area contributed by atoms with Gasteiger partial charge in [-0.1, -0.05) is 0 Å². The SMILES string of the molecule is O=c1cc(-c2ccccc2)[se]c2c1c(C1CC1)nn2-c1ccccc1. The average molecular weight is 391 g/mol. The first-order valence-electron chi connectivity index (χ1n) is 8.49. The van der Waals surface area contributed by atoms with Crippen molar-refractivity contribution in [2.45, 2.75) is 18.8 Å². The molecule has 25 heavy (non-hydrogen) atoms. The summed E-state index contributed by atoms with van der Waals surface area (Å²) in [5.41, 5.74) is 3.30. The summed E-state index contributed by atoms with van der Waals surface area (Å²) in [5.74, 6) is 0.463. The van der Waals surface area contributed by atoms with Gasteiger partial charge in [0, 0.05) is 0 Å². The first-order chi connectivity index (χ1) is 12.3. The van der Waals surface area contributed by atoms with Gasteiger partial charge in [0.2, 0.25) is 0 Å². The van der Waals surface area contributed by atoms with Crippen molar-refractivity contribution in [3.8, 4) is 15.7 Å². The summed E-state index contributed by atoms with van der Waals surface area (Å²) in [7, 11) is 0. The molecule has 1 fully saturated rings. The van der Waals surface area contributed by atoms with Gasteiger partial charge in [-0.05, 0) is 0 Å². The van der Waals surface area contributed by atoms with Crippen molar-refractivity contribution >= 4 is 24.3 Å². The Morgan fingerprint density at radius 1 is 0.960 bits per heavy atom. The van der Waals surface area contributed by atoms with Gasteiger partial charge in [0.05, 0.1) is 0 Å². The van der Waals surface area contributed by atoms with Gasteiger partial charge in [0.15, 0.2) is 0 Å². The molecule has 2 aromatic heterocycles. The zero-order valence-electron chi connectivity index (χ0n) is 13.6. The molecule has 0 bridgehead atoms. The van der Waals surface area contributed by atoms with Crippen LogP contribution in [-0.2, 0) is 0 Å². The Bertz CT molecular complexity index is 1110. The summed E-state index contributed by atoms with van der Waals surface area (Å²) in [6.07, 6.45) is 2.29. The van der Waals surface area contributed by atoms with E-state index in [4.69, 9.17) is 5.10 Å². The number of benzene rings is 2. The second-order valence-electron chi connectivity index (χ2n) is 6.43. The fourth-order valence-corrected chi connectivity index (χ4v) is 5.65. The molecule has 3 nitrogen and oxygen atoms in total. The van der Waals surface area contributed by atoms with Crippen molar-refractivity contribution in [2.75, 3.05) is 0 Å². The Morgan fingerprint density at radius 2 is 1.64 bits per heavy atom. The van der Waals surface area contributed by atoms with Gasteiger partial charge in [-0.25, -0.2) is 0 Å². The van der Waals surface area contributed by atoms with Gasteiger partial charge in [-0.3, -0.25) is 0 Å². The second kappa shape index (κ2) is 5.83. The molecule has 0 amide bonds. The quantitative estimate of drug-likeness (QED) is 0.495. The third-order valence-corrected chi connectivity index (χ3v) is 7.01. The van der Waals surface area contributed by atoms with Crippen molar-refractivity contribution in [3.05, 3.63) is 82.6 Å². The molecule has 1 saturated carbocycles. The number of hydrogen-bond acceptors (Lipinski definition) is 2. The Morgan fingerprint density at radius 3 is 2.32 bits per heavy atom. The maximum atomic E-state index is 12.9. The fraction of sp³-hybridized carbons (Fsp3) is 0.143.